The van der Waals surface area contributed by atoms with Crippen LogP contribution >= 0.6 is 0 Å². The number of hydrogen-bond acceptors (Lipinski definition) is 2. The zero-order valence-electron chi connectivity index (χ0n) is 33.5. The van der Waals surface area contributed by atoms with Crippen molar-refractivity contribution in [3.63, 3.8) is 0 Å². The number of aromatic nitrogens is 1. The minimum Gasteiger partial charge on any atom is -0.455 e. The molecule has 0 aliphatic heterocycles. The van der Waals surface area contributed by atoms with Crippen molar-refractivity contribution in [3.8, 4) is 39.1 Å². The van der Waals surface area contributed by atoms with Crippen LogP contribution in [0.25, 0.3) is 93.6 Å². The zero-order chi connectivity index (χ0) is 41.1. The smallest absolute Gasteiger partial charge is 0.143 e. The van der Waals surface area contributed by atoms with Gasteiger partial charge in [0.2, 0.25) is 0 Å². The van der Waals surface area contributed by atoms with Gasteiger partial charge in [0.25, 0.3) is 0 Å². The highest BCUT2D eigenvalue weighted by Crippen LogP contribution is 2.42. The molecule has 0 aliphatic carbocycles. The molecule has 12 aromatic rings. The monoisotopic (exact) mass is 796 g/mol. The molecule has 2 aromatic heterocycles. The van der Waals surface area contributed by atoms with Crippen molar-refractivity contribution in [1.82, 2.24) is 4.57 Å². The van der Waals surface area contributed by atoms with E-state index < -0.39 is 0 Å². The van der Waals surface area contributed by atoms with Crippen LogP contribution in [0.15, 0.2) is 229 Å². The van der Waals surface area contributed by atoms with Gasteiger partial charge in [-0.15, -0.1) is 0 Å². The second-order valence-corrected chi connectivity index (χ2v) is 15.9. The van der Waals surface area contributed by atoms with Gasteiger partial charge in [0, 0.05) is 49.9 Å². The van der Waals surface area contributed by atoms with Gasteiger partial charge in [0.15, 0.2) is 0 Å². The van der Waals surface area contributed by atoms with Gasteiger partial charge >= 0.3 is 0 Å². The van der Waals surface area contributed by atoms with Crippen molar-refractivity contribution in [1.29, 1.82) is 0 Å². The Hall–Kier alpha value is -8.21. The minimum atomic E-state index is -0.250. The van der Waals surface area contributed by atoms with Crippen LogP contribution in [0.4, 0.5) is 21.5 Å². The maximum atomic E-state index is 14.7. The Labute approximate surface area is 357 Å². The number of rotatable bonds is 7. The number of anilines is 3. The van der Waals surface area contributed by atoms with E-state index in [1.165, 1.54) is 17.2 Å². The SMILES string of the molecule is Fc1ccc2c3ccccc3n(-c3cccc(-c4ccc(N(c5ccc(-c6ccccc6)cc5)c5ccc6c(-c7cccc8c7oc7ccccc78)cccc6c5)cc4)c3)c2c1. The molecule has 0 radical (unpaired) electrons. The summed E-state index contributed by atoms with van der Waals surface area (Å²) in [5, 5.41) is 6.67. The molecule has 10 aromatic carbocycles. The Morgan fingerprint density at radius 1 is 0.371 bits per heavy atom. The molecule has 0 atom stereocenters. The van der Waals surface area contributed by atoms with E-state index in [9.17, 15) is 4.39 Å². The highest BCUT2D eigenvalue weighted by Gasteiger charge is 2.18. The van der Waals surface area contributed by atoms with Crippen molar-refractivity contribution >= 4 is 71.6 Å². The molecule has 0 saturated heterocycles. The Bertz CT molecular complexity index is 3640. The van der Waals surface area contributed by atoms with Gasteiger partial charge < -0.3 is 13.9 Å². The molecule has 0 N–H and O–H groups in total. The Balaban J connectivity index is 0.953. The fourth-order valence-corrected chi connectivity index (χ4v) is 9.33. The minimum absolute atomic E-state index is 0.250. The predicted molar refractivity (Wildman–Crippen MR) is 257 cm³/mol. The number of para-hydroxylation sites is 3. The lowest BCUT2D eigenvalue weighted by Gasteiger charge is -2.26. The number of halogens is 1. The standard InChI is InChI=1S/C58H37FN2O/c59-43-27-33-51-50-16-4-6-21-55(50)61(56(51)37-43)46-15-8-13-41(35-46)40-25-30-45(31-26-40)60(44-28-23-39(24-29-44)38-11-2-1-3-12-38)47-32-34-48-42(36-47)14-9-18-49(48)53-19-10-20-54-52-17-5-7-22-57(52)62-58(53)54/h1-37H. The molecule has 0 fully saturated rings. The van der Waals surface area contributed by atoms with Crippen LogP contribution in [0, 0.1) is 5.82 Å². The lowest BCUT2D eigenvalue weighted by atomic mass is 9.96. The highest BCUT2D eigenvalue weighted by atomic mass is 19.1. The largest absolute Gasteiger partial charge is 0.455 e. The number of furan rings is 1. The van der Waals surface area contributed by atoms with Crippen molar-refractivity contribution in [3.05, 3.63) is 230 Å². The topological polar surface area (TPSA) is 21.3 Å². The lowest BCUT2D eigenvalue weighted by Crippen LogP contribution is -2.10. The summed E-state index contributed by atoms with van der Waals surface area (Å²) in [4.78, 5) is 2.33. The van der Waals surface area contributed by atoms with Crippen molar-refractivity contribution in [2.75, 3.05) is 4.90 Å². The van der Waals surface area contributed by atoms with E-state index in [0.29, 0.717) is 0 Å². The molecule has 0 saturated carbocycles. The van der Waals surface area contributed by atoms with E-state index in [0.717, 1.165) is 99.5 Å². The Morgan fingerprint density at radius 2 is 0.968 bits per heavy atom. The number of benzene rings is 10. The Kier molecular flexibility index (Phi) is 8.36. The third-order valence-corrected chi connectivity index (χ3v) is 12.2. The van der Waals surface area contributed by atoms with Gasteiger partial charge in [0.05, 0.1) is 11.0 Å². The average Bonchev–Trinajstić information content (AvgIpc) is 3.88. The summed E-state index contributed by atoms with van der Waals surface area (Å²) in [5.74, 6) is -0.250. The molecule has 4 heteroatoms. The van der Waals surface area contributed by atoms with Crippen LogP contribution in [0.1, 0.15) is 0 Å². The maximum Gasteiger partial charge on any atom is 0.143 e. The van der Waals surface area contributed by atoms with Crippen LogP contribution in [-0.4, -0.2) is 4.57 Å². The van der Waals surface area contributed by atoms with Crippen molar-refractivity contribution in [2.45, 2.75) is 0 Å². The normalized spacial score (nSPS) is 11.6. The molecule has 0 bridgehead atoms. The maximum absolute atomic E-state index is 14.7. The van der Waals surface area contributed by atoms with E-state index in [4.69, 9.17) is 4.42 Å². The van der Waals surface area contributed by atoms with Crippen molar-refractivity contribution < 1.29 is 8.81 Å². The Morgan fingerprint density at radius 3 is 1.79 bits per heavy atom. The van der Waals surface area contributed by atoms with Crippen LogP contribution in [0.3, 0.4) is 0 Å². The summed E-state index contributed by atoms with van der Waals surface area (Å²) in [5.41, 5.74) is 14.5. The molecule has 0 spiro atoms. The summed E-state index contributed by atoms with van der Waals surface area (Å²) in [6.45, 7) is 0. The van der Waals surface area contributed by atoms with Crippen LogP contribution in [0.2, 0.25) is 0 Å². The van der Waals surface area contributed by atoms with E-state index in [1.54, 1.807) is 6.07 Å². The molecule has 12 rings (SSSR count). The van der Waals surface area contributed by atoms with E-state index in [-0.39, 0.29) is 5.82 Å². The fourth-order valence-electron chi connectivity index (χ4n) is 9.33. The zero-order valence-corrected chi connectivity index (χ0v) is 33.5. The van der Waals surface area contributed by atoms with E-state index in [1.807, 2.05) is 36.4 Å². The van der Waals surface area contributed by atoms with E-state index >= 15 is 0 Å². The molecule has 3 nitrogen and oxygen atoms in total. The van der Waals surface area contributed by atoms with Crippen LogP contribution in [-0.2, 0) is 0 Å². The predicted octanol–water partition coefficient (Wildman–Crippen LogP) is 16.4. The fraction of sp³-hybridized carbons (Fsp3) is 0. The van der Waals surface area contributed by atoms with Crippen molar-refractivity contribution in [2.24, 2.45) is 0 Å². The third kappa shape index (κ3) is 5.95. The van der Waals surface area contributed by atoms with Crippen LogP contribution in [0.5, 0.6) is 0 Å². The lowest BCUT2D eigenvalue weighted by molar-refractivity contribution is 0.629. The molecular formula is C58H37FN2O. The molecule has 292 valence electrons. The molecular weight excluding hydrogens is 760 g/mol. The summed E-state index contributed by atoms with van der Waals surface area (Å²) in [6.07, 6.45) is 0. The molecule has 62 heavy (non-hydrogen) atoms. The van der Waals surface area contributed by atoms with Gasteiger partial charge in [-0.3, -0.25) is 0 Å². The third-order valence-electron chi connectivity index (χ3n) is 12.2. The first kappa shape index (κ1) is 35.7. The quantitative estimate of drug-likeness (QED) is 0.160. The molecule has 0 amide bonds. The number of fused-ring (bicyclic) bond motifs is 7. The molecule has 0 unspecified atom stereocenters. The number of hydrogen-bond donors (Lipinski definition) is 0. The number of nitrogens with zero attached hydrogens (tertiary/aromatic N) is 2. The average molecular weight is 797 g/mol. The summed E-state index contributed by atoms with van der Waals surface area (Å²) < 4.78 is 23.3. The second-order valence-electron chi connectivity index (χ2n) is 15.9. The summed E-state index contributed by atoms with van der Waals surface area (Å²) in [6, 6.07) is 77.9. The second kappa shape index (κ2) is 14.5. The molecule has 2 heterocycles. The molecule has 0 aliphatic rings. The van der Waals surface area contributed by atoms with Gasteiger partial charge in [-0.2, -0.15) is 0 Å². The first-order valence-electron chi connectivity index (χ1n) is 20.9. The van der Waals surface area contributed by atoms with E-state index in [2.05, 4.69) is 185 Å². The summed E-state index contributed by atoms with van der Waals surface area (Å²) in [7, 11) is 0. The first-order valence-corrected chi connectivity index (χ1v) is 20.9. The summed E-state index contributed by atoms with van der Waals surface area (Å²) >= 11 is 0. The highest BCUT2D eigenvalue weighted by molar-refractivity contribution is 6.13. The van der Waals surface area contributed by atoms with Crippen LogP contribution < -0.4 is 4.90 Å². The first-order chi connectivity index (χ1) is 30.6. The van der Waals surface area contributed by atoms with Gasteiger partial charge in [-0.05, 0) is 117 Å². The van der Waals surface area contributed by atoms with Gasteiger partial charge in [-0.1, -0.05) is 146 Å². The van der Waals surface area contributed by atoms with Gasteiger partial charge in [0.1, 0.15) is 17.0 Å². The van der Waals surface area contributed by atoms with Gasteiger partial charge in [-0.25, -0.2) is 4.39 Å².